The summed E-state index contributed by atoms with van der Waals surface area (Å²) in [7, 11) is -3.87. The monoisotopic (exact) mass is 300 g/mol. The molecule has 6 N–H and O–H groups in total. The molecule has 0 saturated heterocycles. The number of rotatable bonds is 4. The first-order valence-electron chi connectivity index (χ1n) is 5.19. The second-order valence-corrected chi connectivity index (χ2v) is 6.20. The molecule has 19 heavy (non-hydrogen) atoms. The Hall–Kier alpha value is -1.84. The van der Waals surface area contributed by atoms with Crippen molar-refractivity contribution in [2.24, 2.45) is 5.14 Å². The van der Waals surface area contributed by atoms with Crippen molar-refractivity contribution in [1.29, 1.82) is 0 Å². The summed E-state index contributed by atoms with van der Waals surface area (Å²) >= 11 is 1.04. The lowest BCUT2D eigenvalue weighted by Gasteiger charge is -2.10. The van der Waals surface area contributed by atoms with E-state index in [1.807, 2.05) is 0 Å². The fourth-order valence-corrected chi connectivity index (χ4v) is 2.84. The number of aromatic nitrogens is 1. The van der Waals surface area contributed by atoms with Crippen molar-refractivity contribution in [2.75, 3.05) is 11.1 Å². The Morgan fingerprint density at radius 2 is 2.11 bits per heavy atom. The van der Waals surface area contributed by atoms with Crippen LogP contribution in [0, 0.1) is 0 Å². The van der Waals surface area contributed by atoms with Gasteiger partial charge in [0, 0.05) is 16.8 Å². The van der Waals surface area contributed by atoms with Crippen LogP contribution in [-0.4, -0.2) is 13.4 Å². The normalized spacial score (nSPS) is 11.4. The van der Waals surface area contributed by atoms with Crippen molar-refractivity contribution in [3.05, 3.63) is 38.9 Å². The van der Waals surface area contributed by atoms with Crippen molar-refractivity contribution in [3.8, 4) is 0 Å². The van der Waals surface area contributed by atoms with Gasteiger partial charge in [-0.05, 0) is 18.2 Å². The first-order chi connectivity index (χ1) is 8.86. The molecule has 0 aliphatic rings. The number of nitrogen functional groups attached to an aromatic ring is 1. The molecule has 2 aromatic rings. The number of primary sulfonamides is 1. The Morgan fingerprint density at radius 3 is 2.68 bits per heavy atom. The Labute approximate surface area is 113 Å². The van der Waals surface area contributed by atoms with Gasteiger partial charge in [-0.1, -0.05) is 11.3 Å². The molecule has 7 nitrogen and oxygen atoms in total. The molecule has 0 spiro atoms. The molecule has 0 amide bonds. The number of H-pyrrole nitrogens is 1. The molecule has 102 valence electrons. The molecule has 9 heteroatoms. The average molecular weight is 300 g/mol. The second kappa shape index (κ2) is 5.03. The summed E-state index contributed by atoms with van der Waals surface area (Å²) < 4.78 is 22.9. The van der Waals surface area contributed by atoms with Gasteiger partial charge in [-0.25, -0.2) is 13.6 Å². The highest BCUT2D eigenvalue weighted by Gasteiger charge is 2.14. The molecule has 0 aliphatic heterocycles. The minimum absolute atomic E-state index is 0.0786. The third kappa shape index (κ3) is 3.34. The SMILES string of the molecule is Nc1ccc(NCc2csc(=O)[nH]2)c(S(N)(=O)=O)c1. The van der Waals surface area contributed by atoms with Gasteiger partial charge >= 0.3 is 4.87 Å². The maximum Gasteiger partial charge on any atom is 0.304 e. The predicted molar refractivity (Wildman–Crippen MR) is 74.5 cm³/mol. The number of thiazole rings is 1. The van der Waals surface area contributed by atoms with Crippen molar-refractivity contribution >= 4 is 32.7 Å². The summed E-state index contributed by atoms with van der Waals surface area (Å²) in [5.74, 6) is 0. The minimum atomic E-state index is -3.87. The number of sulfonamides is 1. The van der Waals surface area contributed by atoms with Gasteiger partial charge < -0.3 is 16.0 Å². The Kier molecular flexibility index (Phi) is 3.60. The summed E-state index contributed by atoms with van der Waals surface area (Å²) in [5, 5.41) is 9.67. The molecule has 1 heterocycles. The Balaban J connectivity index is 2.27. The largest absolute Gasteiger partial charge is 0.399 e. The smallest absolute Gasteiger partial charge is 0.304 e. The molecule has 1 aromatic heterocycles. The topological polar surface area (TPSA) is 131 Å². The molecule has 0 atom stereocenters. The van der Waals surface area contributed by atoms with Gasteiger partial charge in [0.05, 0.1) is 12.2 Å². The maximum atomic E-state index is 11.4. The number of benzene rings is 1. The maximum absolute atomic E-state index is 11.4. The van der Waals surface area contributed by atoms with Crippen LogP contribution in [0.3, 0.4) is 0 Å². The third-order valence-electron chi connectivity index (χ3n) is 2.35. The average Bonchev–Trinajstić information content (AvgIpc) is 2.72. The highest BCUT2D eigenvalue weighted by atomic mass is 32.2. The zero-order valence-corrected chi connectivity index (χ0v) is 11.3. The van der Waals surface area contributed by atoms with Crippen LogP contribution in [0.15, 0.2) is 33.3 Å². The molecular formula is C10H12N4O3S2. The highest BCUT2D eigenvalue weighted by Crippen LogP contribution is 2.23. The minimum Gasteiger partial charge on any atom is -0.399 e. The van der Waals surface area contributed by atoms with Crippen molar-refractivity contribution in [3.63, 3.8) is 0 Å². The van der Waals surface area contributed by atoms with E-state index in [2.05, 4.69) is 10.3 Å². The number of aromatic amines is 1. The van der Waals surface area contributed by atoms with Crippen LogP contribution in [0.4, 0.5) is 11.4 Å². The Morgan fingerprint density at radius 1 is 1.37 bits per heavy atom. The summed E-state index contributed by atoms with van der Waals surface area (Å²) in [6.45, 7) is 0.283. The lowest BCUT2D eigenvalue weighted by molar-refractivity contribution is 0.598. The van der Waals surface area contributed by atoms with Crippen LogP contribution in [0.2, 0.25) is 0 Å². The van der Waals surface area contributed by atoms with Gasteiger partial charge in [0.15, 0.2) is 0 Å². The first-order valence-corrected chi connectivity index (χ1v) is 7.62. The molecule has 0 bridgehead atoms. The number of hydrogen-bond acceptors (Lipinski definition) is 6. The van der Waals surface area contributed by atoms with Crippen LogP contribution < -0.4 is 21.1 Å². The van der Waals surface area contributed by atoms with Gasteiger partial charge in [-0.3, -0.25) is 4.79 Å². The van der Waals surface area contributed by atoms with Crippen LogP contribution in [-0.2, 0) is 16.6 Å². The Bertz CT molecular complexity index is 748. The van der Waals surface area contributed by atoms with Crippen molar-refractivity contribution in [1.82, 2.24) is 4.98 Å². The second-order valence-electron chi connectivity index (χ2n) is 3.83. The van der Waals surface area contributed by atoms with E-state index >= 15 is 0 Å². The van der Waals surface area contributed by atoms with Gasteiger partial charge in [-0.2, -0.15) is 0 Å². The van der Waals surface area contributed by atoms with Gasteiger partial charge in [0.2, 0.25) is 10.0 Å². The van der Waals surface area contributed by atoms with E-state index in [4.69, 9.17) is 10.9 Å². The number of nitrogens with two attached hydrogens (primary N) is 2. The fourth-order valence-electron chi connectivity index (χ4n) is 1.51. The fraction of sp³-hybridized carbons (Fsp3) is 0.100. The van der Waals surface area contributed by atoms with E-state index in [0.29, 0.717) is 17.1 Å². The summed E-state index contributed by atoms with van der Waals surface area (Å²) in [6, 6.07) is 4.38. The molecule has 0 fully saturated rings. The lowest BCUT2D eigenvalue weighted by atomic mass is 10.3. The van der Waals surface area contributed by atoms with Gasteiger partial charge in [0.1, 0.15) is 4.90 Å². The molecule has 0 unspecified atom stereocenters. The lowest BCUT2D eigenvalue weighted by Crippen LogP contribution is -2.15. The van der Waals surface area contributed by atoms with E-state index in [1.54, 1.807) is 11.4 Å². The van der Waals surface area contributed by atoms with Gasteiger partial charge in [0.25, 0.3) is 0 Å². The van der Waals surface area contributed by atoms with Crippen molar-refractivity contribution < 1.29 is 8.42 Å². The van der Waals surface area contributed by atoms with Gasteiger partial charge in [-0.15, -0.1) is 0 Å². The van der Waals surface area contributed by atoms with E-state index < -0.39 is 10.0 Å². The van der Waals surface area contributed by atoms with Crippen molar-refractivity contribution in [2.45, 2.75) is 11.4 Å². The molecular weight excluding hydrogens is 288 g/mol. The number of nitrogens with one attached hydrogen (secondary N) is 2. The van der Waals surface area contributed by atoms with E-state index in [0.717, 1.165) is 11.3 Å². The van der Waals surface area contributed by atoms with E-state index in [1.165, 1.54) is 12.1 Å². The zero-order valence-electron chi connectivity index (χ0n) is 9.71. The summed E-state index contributed by atoms with van der Waals surface area (Å²) in [4.78, 5) is 13.3. The third-order valence-corrected chi connectivity index (χ3v) is 4.02. The molecule has 0 aliphatic carbocycles. The van der Waals surface area contributed by atoms with Crippen LogP contribution in [0.1, 0.15) is 5.69 Å². The zero-order chi connectivity index (χ0) is 14.0. The number of anilines is 2. The molecule has 2 rings (SSSR count). The highest BCUT2D eigenvalue weighted by molar-refractivity contribution is 7.89. The first kappa shape index (κ1) is 13.6. The quantitative estimate of drug-likeness (QED) is 0.602. The van der Waals surface area contributed by atoms with Crippen LogP contribution in [0.5, 0.6) is 0 Å². The van der Waals surface area contributed by atoms with E-state index in [-0.39, 0.29) is 16.3 Å². The molecule has 0 saturated carbocycles. The molecule has 1 aromatic carbocycles. The summed E-state index contributed by atoms with van der Waals surface area (Å²) in [6.07, 6.45) is 0. The summed E-state index contributed by atoms with van der Waals surface area (Å²) in [5.41, 5.74) is 6.84. The van der Waals surface area contributed by atoms with Crippen LogP contribution in [0.25, 0.3) is 0 Å². The van der Waals surface area contributed by atoms with E-state index in [9.17, 15) is 13.2 Å². The molecule has 0 radical (unpaired) electrons. The number of hydrogen-bond donors (Lipinski definition) is 4. The predicted octanol–water partition coefficient (Wildman–Crippen LogP) is 0.278. The standard InChI is InChI=1S/C10H12N4O3S2/c11-6-1-2-8(9(3-6)19(12,16)17)13-4-7-5-18-10(15)14-7/h1-3,5,13H,4,11H2,(H,14,15)(H2,12,16,17). The van der Waals surface area contributed by atoms with Crippen LogP contribution >= 0.6 is 11.3 Å².